The van der Waals surface area contributed by atoms with Crippen molar-refractivity contribution in [3.05, 3.63) is 89.3 Å². The van der Waals surface area contributed by atoms with Gasteiger partial charge < -0.3 is 18.9 Å². The molecule has 1 atom stereocenters. The summed E-state index contributed by atoms with van der Waals surface area (Å²) in [6, 6.07) is 14.2. The Balaban J connectivity index is 1.20. The molecule has 278 valence electrons. The molecule has 0 fully saturated rings. The van der Waals surface area contributed by atoms with Gasteiger partial charge in [-0.15, -0.1) is 0 Å². The van der Waals surface area contributed by atoms with Gasteiger partial charge in [-0.1, -0.05) is 53.3 Å². The average Bonchev–Trinajstić information content (AvgIpc) is 3.59. The van der Waals surface area contributed by atoms with E-state index < -0.39 is 0 Å². The standard InChI is InChI=1S/C43H22Cl4N4O6/c1-15-13-56-29-10-25-27(12-31(29)57-14-15)51-41(49-25)17-6-21(45)35-36-22(46)7-18-32-16(5-20(44)34(38(32)36)37-23(47)8-19(43(51)53)33(17)39(35)37)40-48-24-9-28-30(55-4-2-3-54-28)11-26(24)50(40)42(18)52/h5-12,15H,2-4,13-14H2,1H3. The molecule has 10 nitrogen and oxygen atoms in total. The molecular formula is C43H22Cl4N4O6. The molecule has 14 heteroatoms. The molecule has 6 heterocycles. The number of halogens is 4. The van der Waals surface area contributed by atoms with Crippen LogP contribution in [-0.4, -0.2) is 45.2 Å². The molecule has 2 aliphatic rings. The molecular weight excluding hydrogens is 810 g/mol. The maximum absolute atomic E-state index is 14.7. The molecule has 1 unspecified atom stereocenters. The molecule has 4 aromatic heterocycles. The Morgan fingerprint density at radius 2 is 0.895 bits per heavy atom. The van der Waals surface area contributed by atoms with E-state index in [4.69, 9.17) is 75.3 Å². The van der Waals surface area contributed by atoms with E-state index in [0.717, 1.165) is 6.42 Å². The lowest BCUT2D eigenvalue weighted by molar-refractivity contribution is 0.228. The van der Waals surface area contributed by atoms with Gasteiger partial charge in [-0.25, -0.2) is 9.97 Å². The predicted molar refractivity (Wildman–Crippen MR) is 226 cm³/mol. The van der Waals surface area contributed by atoms with Crippen LogP contribution < -0.4 is 30.1 Å². The molecule has 0 saturated heterocycles. The van der Waals surface area contributed by atoms with Gasteiger partial charge in [-0.3, -0.25) is 18.4 Å². The second kappa shape index (κ2) is 10.9. The number of ether oxygens (including phenoxy) is 4. The van der Waals surface area contributed by atoms with Gasteiger partial charge in [0, 0.05) is 111 Å². The minimum absolute atomic E-state index is 0.197. The van der Waals surface area contributed by atoms with Crippen LogP contribution in [0.5, 0.6) is 23.0 Å². The first-order chi connectivity index (χ1) is 27.7. The highest BCUT2D eigenvalue weighted by Crippen LogP contribution is 2.53. The summed E-state index contributed by atoms with van der Waals surface area (Å²) in [6.45, 7) is 4.04. The van der Waals surface area contributed by atoms with Crippen LogP contribution in [0.4, 0.5) is 0 Å². The van der Waals surface area contributed by atoms with Crippen LogP contribution >= 0.6 is 46.4 Å². The Bertz CT molecular complexity index is 3790. The summed E-state index contributed by atoms with van der Waals surface area (Å²) >= 11 is 29.4. The summed E-state index contributed by atoms with van der Waals surface area (Å²) in [4.78, 5) is 39.3. The minimum atomic E-state index is -0.310. The van der Waals surface area contributed by atoms with E-state index in [1.807, 2.05) is 25.1 Å². The Hall–Kier alpha value is -5.52. The molecule has 13 rings (SSSR count). The third-order valence-corrected chi connectivity index (χ3v) is 12.9. The zero-order valence-corrected chi connectivity index (χ0v) is 32.5. The molecule has 11 aromatic rings. The summed E-state index contributed by atoms with van der Waals surface area (Å²) < 4.78 is 27.2. The zero-order chi connectivity index (χ0) is 38.3. The lowest BCUT2D eigenvalue weighted by atomic mass is 9.86. The molecule has 7 aromatic carbocycles. The summed E-state index contributed by atoms with van der Waals surface area (Å²) in [5.41, 5.74) is 2.50. The van der Waals surface area contributed by atoms with Gasteiger partial charge in [-0.05, 0) is 24.3 Å². The molecule has 0 N–H and O–H groups in total. The van der Waals surface area contributed by atoms with Gasteiger partial charge in [0.2, 0.25) is 0 Å². The SMILES string of the molecule is CC1COc2cc3nc4c5cc(Cl)c6c7c(Cl)cc8c(=O)n9c%10cc%11c(cc%10nc9c9cc(Cl)c(c%10c(Cl)cc(c(=O)n4c3cc2OC1)c5c%106)c7c89)OCCCO%11. The fraction of sp³-hybridized carbons (Fsp3) is 0.163. The van der Waals surface area contributed by atoms with Crippen molar-refractivity contribution in [2.45, 2.75) is 13.3 Å². The van der Waals surface area contributed by atoms with E-state index in [1.165, 1.54) is 0 Å². The fourth-order valence-corrected chi connectivity index (χ4v) is 10.6. The van der Waals surface area contributed by atoms with E-state index in [1.54, 1.807) is 39.1 Å². The van der Waals surface area contributed by atoms with Crippen molar-refractivity contribution in [2.24, 2.45) is 5.92 Å². The van der Waals surface area contributed by atoms with Crippen LogP contribution in [0.2, 0.25) is 20.1 Å². The molecule has 0 spiro atoms. The van der Waals surface area contributed by atoms with Crippen molar-refractivity contribution in [1.29, 1.82) is 0 Å². The maximum Gasteiger partial charge on any atom is 0.264 e. The maximum atomic E-state index is 14.7. The van der Waals surface area contributed by atoms with Crippen molar-refractivity contribution in [3.63, 3.8) is 0 Å². The quantitative estimate of drug-likeness (QED) is 0.110. The summed E-state index contributed by atoms with van der Waals surface area (Å²) in [5.74, 6) is 2.42. The second-order valence-electron chi connectivity index (χ2n) is 15.1. The molecule has 0 amide bonds. The van der Waals surface area contributed by atoms with Gasteiger partial charge >= 0.3 is 0 Å². The number of imidazole rings is 2. The molecule has 57 heavy (non-hydrogen) atoms. The third kappa shape index (κ3) is 3.99. The van der Waals surface area contributed by atoms with Gasteiger partial charge in [0.05, 0.1) is 59.3 Å². The van der Waals surface area contributed by atoms with E-state index >= 15 is 0 Å². The van der Waals surface area contributed by atoms with Crippen molar-refractivity contribution in [3.8, 4) is 23.0 Å². The fourth-order valence-electron chi connectivity index (χ4n) is 9.38. The van der Waals surface area contributed by atoms with E-state index in [-0.39, 0.29) is 27.1 Å². The molecule has 0 aliphatic carbocycles. The van der Waals surface area contributed by atoms with E-state index in [0.29, 0.717) is 157 Å². The summed E-state index contributed by atoms with van der Waals surface area (Å²) in [5, 5.41) is 8.13. The van der Waals surface area contributed by atoms with Gasteiger partial charge in [0.25, 0.3) is 11.1 Å². The van der Waals surface area contributed by atoms with E-state index in [9.17, 15) is 9.59 Å². The van der Waals surface area contributed by atoms with Crippen LogP contribution in [0.25, 0.3) is 98.0 Å². The summed E-state index contributed by atoms with van der Waals surface area (Å²) in [7, 11) is 0. The van der Waals surface area contributed by atoms with Crippen LogP contribution in [0.15, 0.2) is 58.1 Å². The van der Waals surface area contributed by atoms with Crippen LogP contribution in [0.1, 0.15) is 13.3 Å². The van der Waals surface area contributed by atoms with Crippen molar-refractivity contribution < 1.29 is 18.9 Å². The molecule has 2 aliphatic heterocycles. The lowest BCUT2D eigenvalue weighted by Crippen LogP contribution is -2.14. The second-order valence-corrected chi connectivity index (χ2v) is 16.8. The smallest absolute Gasteiger partial charge is 0.264 e. The number of hydrogen-bond donors (Lipinski definition) is 0. The first-order valence-electron chi connectivity index (χ1n) is 18.4. The lowest BCUT2D eigenvalue weighted by Gasteiger charge is -2.21. The molecule has 0 radical (unpaired) electrons. The van der Waals surface area contributed by atoms with Crippen LogP contribution in [-0.2, 0) is 0 Å². The van der Waals surface area contributed by atoms with Crippen molar-refractivity contribution >= 4 is 144 Å². The van der Waals surface area contributed by atoms with Crippen molar-refractivity contribution in [2.75, 3.05) is 26.4 Å². The Morgan fingerprint density at radius 3 is 1.35 bits per heavy atom. The largest absolute Gasteiger partial charge is 0.489 e. The van der Waals surface area contributed by atoms with Crippen molar-refractivity contribution in [1.82, 2.24) is 18.8 Å². The number of aromatic nitrogens is 4. The minimum Gasteiger partial charge on any atom is -0.489 e. The first-order valence-corrected chi connectivity index (χ1v) is 19.9. The molecule has 0 bridgehead atoms. The van der Waals surface area contributed by atoms with Crippen LogP contribution in [0, 0.1) is 5.92 Å². The Kier molecular flexibility index (Phi) is 6.23. The third-order valence-electron chi connectivity index (χ3n) is 11.8. The highest BCUT2D eigenvalue weighted by Gasteiger charge is 2.30. The highest BCUT2D eigenvalue weighted by molar-refractivity contribution is 6.56. The summed E-state index contributed by atoms with van der Waals surface area (Å²) in [6.07, 6.45) is 0.742. The number of benzene rings is 7. The van der Waals surface area contributed by atoms with Gasteiger partial charge in [0.15, 0.2) is 23.0 Å². The van der Waals surface area contributed by atoms with E-state index in [2.05, 4.69) is 0 Å². The topological polar surface area (TPSA) is 106 Å². The average molecular weight is 832 g/mol. The number of rotatable bonds is 0. The van der Waals surface area contributed by atoms with Gasteiger partial charge in [-0.2, -0.15) is 0 Å². The predicted octanol–water partition coefficient (Wildman–Crippen LogP) is 10.4. The highest BCUT2D eigenvalue weighted by atomic mass is 35.5. The van der Waals surface area contributed by atoms with Crippen LogP contribution in [0.3, 0.4) is 0 Å². The zero-order valence-electron chi connectivity index (χ0n) is 29.5. The Labute approximate surface area is 338 Å². The number of pyridine rings is 2. The monoisotopic (exact) mass is 830 g/mol. The van der Waals surface area contributed by atoms with Gasteiger partial charge in [0.1, 0.15) is 11.3 Å². The Morgan fingerprint density at radius 1 is 0.509 bits per heavy atom. The number of fused-ring (bicyclic) bond motifs is 12. The first kappa shape index (κ1) is 32.6. The number of nitrogens with zero attached hydrogens (tertiary/aromatic N) is 4. The molecule has 0 saturated carbocycles. The number of hydrogen-bond acceptors (Lipinski definition) is 8. The normalized spacial score (nSPS) is 16.3.